The molecule has 5 heteroatoms. The Labute approximate surface area is 92.9 Å². The fourth-order valence-corrected chi connectivity index (χ4v) is 2.63. The summed E-state index contributed by atoms with van der Waals surface area (Å²) in [4.78, 5) is 16.6. The van der Waals surface area contributed by atoms with E-state index in [2.05, 4.69) is 10.3 Å². The van der Waals surface area contributed by atoms with Gasteiger partial charge in [0.25, 0.3) is 5.91 Å². The van der Waals surface area contributed by atoms with Gasteiger partial charge < -0.3 is 11.1 Å². The molecule has 1 fully saturated rings. The van der Waals surface area contributed by atoms with Gasteiger partial charge in [-0.1, -0.05) is 0 Å². The number of aromatic nitrogens is 1. The lowest BCUT2D eigenvalue weighted by Gasteiger charge is -2.16. The van der Waals surface area contributed by atoms with E-state index in [4.69, 9.17) is 5.73 Å². The van der Waals surface area contributed by atoms with E-state index >= 15 is 0 Å². The minimum Gasteiger partial charge on any atom is -0.347 e. The molecule has 3 N–H and O–H groups in total. The van der Waals surface area contributed by atoms with Crippen molar-refractivity contribution in [1.82, 2.24) is 10.3 Å². The lowest BCUT2D eigenvalue weighted by Crippen LogP contribution is -2.43. The predicted molar refractivity (Wildman–Crippen MR) is 59.9 cm³/mol. The fraction of sp³-hybridized carbons (Fsp3) is 0.600. The number of nitrogens with two attached hydrogens (primary N) is 1. The lowest BCUT2D eigenvalue weighted by atomic mass is 10.2. The monoisotopic (exact) mass is 225 g/mol. The van der Waals surface area contributed by atoms with Crippen LogP contribution in [-0.4, -0.2) is 23.0 Å². The number of hydrogen-bond acceptors (Lipinski definition) is 4. The Hall–Kier alpha value is -0.940. The van der Waals surface area contributed by atoms with Crippen LogP contribution in [0.5, 0.6) is 0 Å². The molecule has 4 nitrogen and oxygen atoms in total. The first-order valence-electron chi connectivity index (χ1n) is 5.15. The molecule has 1 aromatic rings. The average molecular weight is 225 g/mol. The number of nitrogens with zero attached hydrogens (tertiary/aromatic N) is 1. The maximum absolute atomic E-state index is 11.8. The molecule has 2 unspecified atom stereocenters. The minimum atomic E-state index is -0.0302. The van der Waals surface area contributed by atoms with Crippen LogP contribution >= 0.6 is 11.3 Å². The Morgan fingerprint density at radius 1 is 1.67 bits per heavy atom. The first-order chi connectivity index (χ1) is 7.18. The van der Waals surface area contributed by atoms with Gasteiger partial charge in [-0.05, 0) is 26.2 Å². The van der Waals surface area contributed by atoms with E-state index in [9.17, 15) is 4.79 Å². The molecule has 2 atom stereocenters. The van der Waals surface area contributed by atoms with Crippen molar-refractivity contribution in [3.8, 4) is 0 Å². The Morgan fingerprint density at radius 3 is 3.00 bits per heavy atom. The first-order valence-corrected chi connectivity index (χ1v) is 6.03. The number of nitrogens with one attached hydrogen (secondary N) is 1. The lowest BCUT2D eigenvalue weighted by molar-refractivity contribution is 0.0938. The highest BCUT2D eigenvalue weighted by Gasteiger charge is 2.26. The second-order valence-corrected chi connectivity index (χ2v) is 4.80. The molecule has 0 spiro atoms. The molecule has 1 saturated carbocycles. The van der Waals surface area contributed by atoms with Crippen LogP contribution in [0.15, 0.2) is 5.51 Å². The van der Waals surface area contributed by atoms with Crippen LogP contribution in [0.3, 0.4) is 0 Å². The third-order valence-electron chi connectivity index (χ3n) is 2.84. The maximum Gasteiger partial charge on any atom is 0.263 e. The molecule has 1 aliphatic rings. The number of amides is 1. The number of hydrogen-bond donors (Lipinski definition) is 2. The Balaban J connectivity index is 2.01. The van der Waals surface area contributed by atoms with Crippen molar-refractivity contribution in [2.75, 3.05) is 0 Å². The van der Waals surface area contributed by atoms with E-state index in [-0.39, 0.29) is 18.0 Å². The summed E-state index contributed by atoms with van der Waals surface area (Å²) in [5.41, 5.74) is 8.38. The molecule has 82 valence electrons. The fourth-order valence-electron chi connectivity index (χ4n) is 1.92. The summed E-state index contributed by atoms with van der Waals surface area (Å²) in [6.45, 7) is 1.85. The highest BCUT2D eigenvalue weighted by atomic mass is 32.1. The molecule has 1 heterocycles. The van der Waals surface area contributed by atoms with Crippen molar-refractivity contribution in [2.24, 2.45) is 5.73 Å². The van der Waals surface area contributed by atoms with E-state index in [1.54, 1.807) is 5.51 Å². The van der Waals surface area contributed by atoms with Gasteiger partial charge in [-0.25, -0.2) is 4.98 Å². The third kappa shape index (κ3) is 2.18. The summed E-state index contributed by atoms with van der Waals surface area (Å²) in [6.07, 6.45) is 3.10. The van der Waals surface area contributed by atoms with Gasteiger partial charge >= 0.3 is 0 Å². The summed E-state index contributed by atoms with van der Waals surface area (Å²) >= 11 is 1.38. The van der Waals surface area contributed by atoms with Crippen LogP contribution in [-0.2, 0) is 0 Å². The molecule has 0 saturated heterocycles. The van der Waals surface area contributed by atoms with Crippen LogP contribution in [0.2, 0.25) is 0 Å². The van der Waals surface area contributed by atoms with Gasteiger partial charge in [-0.3, -0.25) is 4.79 Å². The molecule has 0 radical (unpaired) electrons. The molecule has 15 heavy (non-hydrogen) atoms. The molecule has 1 aliphatic carbocycles. The first kappa shape index (κ1) is 10.6. The second-order valence-electron chi connectivity index (χ2n) is 3.94. The van der Waals surface area contributed by atoms with Crippen LogP contribution in [0.1, 0.15) is 34.6 Å². The highest BCUT2D eigenvalue weighted by Crippen LogP contribution is 2.19. The standard InChI is InChI=1S/C10H15N3OS/c1-6-9(15-5-12-6)10(14)13-8-4-2-3-7(8)11/h5,7-8H,2-4,11H2,1H3,(H,13,14). The van der Waals surface area contributed by atoms with E-state index in [0.717, 1.165) is 25.0 Å². The van der Waals surface area contributed by atoms with Gasteiger partial charge in [0.1, 0.15) is 4.88 Å². The molecule has 0 aliphatic heterocycles. The topological polar surface area (TPSA) is 68.0 Å². The summed E-state index contributed by atoms with van der Waals surface area (Å²) in [5.74, 6) is -0.0302. The Kier molecular flexibility index (Phi) is 3.02. The summed E-state index contributed by atoms with van der Waals surface area (Å²) < 4.78 is 0. The number of rotatable bonds is 2. The van der Waals surface area contributed by atoms with Gasteiger partial charge in [-0.2, -0.15) is 0 Å². The number of carbonyl (C=O) groups is 1. The Bertz CT molecular complexity index is 363. The van der Waals surface area contributed by atoms with Crippen LogP contribution in [0.25, 0.3) is 0 Å². The maximum atomic E-state index is 11.8. The molecule has 1 aromatic heterocycles. The van der Waals surface area contributed by atoms with Crippen LogP contribution in [0.4, 0.5) is 0 Å². The summed E-state index contributed by atoms with van der Waals surface area (Å²) in [6, 6.07) is 0.251. The van der Waals surface area contributed by atoms with E-state index in [1.807, 2.05) is 6.92 Å². The van der Waals surface area contributed by atoms with E-state index in [1.165, 1.54) is 11.3 Å². The van der Waals surface area contributed by atoms with Crippen molar-refractivity contribution in [2.45, 2.75) is 38.3 Å². The van der Waals surface area contributed by atoms with Crippen molar-refractivity contribution < 1.29 is 4.79 Å². The van der Waals surface area contributed by atoms with Gasteiger partial charge in [0.2, 0.25) is 0 Å². The van der Waals surface area contributed by atoms with Gasteiger partial charge in [0.05, 0.1) is 11.2 Å². The molecule has 2 rings (SSSR count). The third-order valence-corrected chi connectivity index (χ3v) is 3.76. The van der Waals surface area contributed by atoms with Crippen molar-refractivity contribution in [3.63, 3.8) is 0 Å². The van der Waals surface area contributed by atoms with Crippen molar-refractivity contribution in [3.05, 3.63) is 16.1 Å². The zero-order valence-electron chi connectivity index (χ0n) is 8.69. The van der Waals surface area contributed by atoms with E-state index in [0.29, 0.717) is 4.88 Å². The highest BCUT2D eigenvalue weighted by molar-refractivity contribution is 7.11. The van der Waals surface area contributed by atoms with Crippen LogP contribution in [0, 0.1) is 6.92 Å². The smallest absolute Gasteiger partial charge is 0.263 e. The normalized spacial score (nSPS) is 25.5. The van der Waals surface area contributed by atoms with Gasteiger partial charge in [0.15, 0.2) is 0 Å². The molecule has 0 bridgehead atoms. The SMILES string of the molecule is Cc1ncsc1C(=O)NC1CCCC1N. The second kappa shape index (κ2) is 4.28. The number of aryl methyl sites for hydroxylation is 1. The number of carbonyl (C=O) groups excluding carboxylic acids is 1. The van der Waals surface area contributed by atoms with Gasteiger partial charge in [0, 0.05) is 12.1 Å². The minimum absolute atomic E-state index is 0.0302. The molecular weight excluding hydrogens is 210 g/mol. The average Bonchev–Trinajstić information content (AvgIpc) is 2.76. The van der Waals surface area contributed by atoms with Crippen molar-refractivity contribution >= 4 is 17.2 Å². The van der Waals surface area contributed by atoms with E-state index < -0.39 is 0 Å². The zero-order chi connectivity index (χ0) is 10.8. The molecular formula is C10H15N3OS. The van der Waals surface area contributed by atoms with Gasteiger partial charge in [-0.15, -0.1) is 11.3 Å². The largest absolute Gasteiger partial charge is 0.347 e. The zero-order valence-corrected chi connectivity index (χ0v) is 9.51. The van der Waals surface area contributed by atoms with Crippen LogP contribution < -0.4 is 11.1 Å². The predicted octanol–water partition coefficient (Wildman–Crippen LogP) is 1.06. The molecule has 1 amide bonds. The van der Waals surface area contributed by atoms with Crippen molar-refractivity contribution in [1.29, 1.82) is 0 Å². The molecule has 0 aromatic carbocycles. The Morgan fingerprint density at radius 2 is 2.47 bits per heavy atom. The summed E-state index contributed by atoms with van der Waals surface area (Å²) in [5, 5.41) is 2.98. The quantitative estimate of drug-likeness (QED) is 0.791. The number of thiazole rings is 1. The summed E-state index contributed by atoms with van der Waals surface area (Å²) in [7, 11) is 0.